The lowest BCUT2D eigenvalue weighted by Gasteiger charge is -2.44. The number of aliphatic hydroxyl groups is 1. The predicted octanol–water partition coefficient (Wildman–Crippen LogP) is 2.75. The van der Waals surface area contributed by atoms with Crippen molar-refractivity contribution in [2.45, 2.75) is 44.0 Å². The Labute approximate surface area is 196 Å². The second kappa shape index (κ2) is 12.6. The maximum absolute atomic E-state index is 12.1. The van der Waals surface area contributed by atoms with Crippen LogP contribution in [0.5, 0.6) is 0 Å². The SMILES string of the molecule is CCNC(=NCC1(O)CCC1SCC)NCCc1cccc(C(=O)N(C)C)c1.I. The van der Waals surface area contributed by atoms with E-state index < -0.39 is 5.60 Å². The highest BCUT2D eigenvalue weighted by atomic mass is 127. The zero-order chi connectivity index (χ0) is 20.6. The van der Waals surface area contributed by atoms with Gasteiger partial charge in [0, 0.05) is 38.0 Å². The smallest absolute Gasteiger partial charge is 0.253 e. The molecule has 2 rings (SSSR count). The van der Waals surface area contributed by atoms with E-state index in [1.54, 1.807) is 19.0 Å². The van der Waals surface area contributed by atoms with Crippen LogP contribution >= 0.6 is 35.7 Å². The summed E-state index contributed by atoms with van der Waals surface area (Å²) in [7, 11) is 3.52. The predicted molar refractivity (Wildman–Crippen MR) is 134 cm³/mol. The van der Waals surface area contributed by atoms with E-state index >= 15 is 0 Å². The third-order valence-electron chi connectivity index (χ3n) is 4.95. The standard InChI is InChI=1S/C21H34N4O2S.HI/c1-5-22-20(24-15-21(27)12-10-18(21)28-6-2)23-13-11-16-8-7-9-17(14-16)19(26)25(3)4;/h7-9,14,18,27H,5-6,10-13,15H2,1-4H3,(H2,22,23,24);1H. The molecule has 0 spiro atoms. The molecule has 0 aliphatic heterocycles. The van der Waals surface area contributed by atoms with Crippen LogP contribution in [0.25, 0.3) is 0 Å². The summed E-state index contributed by atoms with van der Waals surface area (Å²) >= 11 is 1.82. The Morgan fingerprint density at radius 1 is 1.34 bits per heavy atom. The van der Waals surface area contributed by atoms with Gasteiger partial charge in [0.25, 0.3) is 5.91 Å². The monoisotopic (exact) mass is 534 g/mol. The summed E-state index contributed by atoms with van der Waals surface area (Å²) in [5.41, 5.74) is 1.13. The zero-order valence-electron chi connectivity index (χ0n) is 17.9. The van der Waals surface area contributed by atoms with E-state index in [0.29, 0.717) is 23.9 Å². The minimum Gasteiger partial charge on any atom is -0.387 e. The van der Waals surface area contributed by atoms with Crippen molar-refractivity contribution in [1.82, 2.24) is 15.5 Å². The second-order valence-electron chi connectivity index (χ2n) is 7.36. The number of nitrogens with zero attached hydrogens (tertiary/aromatic N) is 2. The van der Waals surface area contributed by atoms with Gasteiger partial charge in [-0.05, 0) is 49.6 Å². The van der Waals surface area contributed by atoms with Gasteiger partial charge in [0.05, 0.1) is 12.1 Å². The van der Waals surface area contributed by atoms with Crippen molar-refractivity contribution in [3.8, 4) is 0 Å². The molecule has 1 amide bonds. The van der Waals surface area contributed by atoms with Crippen LogP contribution in [-0.2, 0) is 6.42 Å². The van der Waals surface area contributed by atoms with Gasteiger partial charge < -0.3 is 20.6 Å². The Hall–Kier alpha value is -1.00. The fourth-order valence-electron chi connectivity index (χ4n) is 3.22. The molecule has 1 saturated carbocycles. The summed E-state index contributed by atoms with van der Waals surface area (Å²) < 4.78 is 0. The number of nitrogens with one attached hydrogen (secondary N) is 2. The van der Waals surface area contributed by atoms with Crippen LogP contribution in [0.1, 0.15) is 42.6 Å². The number of aliphatic imine (C=N–C) groups is 1. The lowest BCUT2D eigenvalue weighted by Crippen LogP contribution is -2.53. The highest BCUT2D eigenvalue weighted by Crippen LogP contribution is 2.41. The molecule has 164 valence electrons. The number of benzene rings is 1. The maximum atomic E-state index is 12.1. The molecule has 0 heterocycles. The zero-order valence-corrected chi connectivity index (χ0v) is 21.0. The third kappa shape index (κ3) is 7.64. The number of hydrogen-bond acceptors (Lipinski definition) is 4. The van der Waals surface area contributed by atoms with Crippen molar-refractivity contribution in [2.75, 3.05) is 39.5 Å². The van der Waals surface area contributed by atoms with Gasteiger partial charge in [0.1, 0.15) is 0 Å². The van der Waals surface area contributed by atoms with Gasteiger partial charge >= 0.3 is 0 Å². The first-order valence-electron chi connectivity index (χ1n) is 10.1. The maximum Gasteiger partial charge on any atom is 0.253 e. The summed E-state index contributed by atoms with van der Waals surface area (Å²) in [5, 5.41) is 17.6. The topological polar surface area (TPSA) is 77.0 Å². The average molecular weight is 535 g/mol. The summed E-state index contributed by atoms with van der Waals surface area (Å²) in [5.74, 6) is 1.76. The highest BCUT2D eigenvalue weighted by molar-refractivity contribution is 14.0. The van der Waals surface area contributed by atoms with Crippen LogP contribution in [0.3, 0.4) is 0 Å². The number of hydrogen-bond donors (Lipinski definition) is 3. The Bertz CT molecular complexity index is 686. The number of halogens is 1. The van der Waals surface area contributed by atoms with Gasteiger partial charge in [-0.1, -0.05) is 19.1 Å². The lowest BCUT2D eigenvalue weighted by atomic mass is 9.79. The first kappa shape index (κ1) is 26.0. The van der Waals surface area contributed by atoms with Gasteiger partial charge in [-0.2, -0.15) is 11.8 Å². The van der Waals surface area contributed by atoms with Crippen molar-refractivity contribution < 1.29 is 9.90 Å². The highest BCUT2D eigenvalue weighted by Gasteiger charge is 2.45. The lowest BCUT2D eigenvalue weighted by molar-refractivity contribution is -0.0154. The van der Waals surface area contributed by atoms with Crippen molar-refractivity contribution in [2.24, 2.45) is 4.99 Å². The van der Waals surface area contributed by atoms with Crippen LogP contribution in [0.15, 0.2) is 29.3 Å². The average Bonchev–Trinajstić information content (AvgIpc) is 2.68. The Morgan fingerprint density at radius 2 is 2.10 bits per heavy atom. The first-order chi connectivity index (χ1) is 13.4. The van der Waals surface area contributed by atoms with E-state index in [1.165, 1.54) is 0 Å². The largest absolute Gasteiger partial charge is 0.387 e. The molecule has 2 atom stereocenters. The molecule has 0 aromatic heterocycles. The van der Waals surface area contributed by atoms with Gasteiger partial charge in [-0.15, -0.1) is 24.0 Å². The Morgan fingerprint density at radius 3 is 2.69 bits per heavy atom. The molecule has 2 unspecified atom stereocenters. The molecular formula is C21H35IN4O2S. The van der Waals surface area contributed by atoms with Gasteiger partial charge in [-0.3, -0.25) is 9.79 Å². The quantitative estimate of drug-likeness (QED) is 0.258. The molecule has 0 saturated heterocycles. The van der Waals surface area contributed by atoms with E-state index in [2.05, 4.69) is 22.5 Å². The number of rotatable bonds is 9. The number of thioether (sulfide) groups is 1. The van der Waals surface area contributed by atoms with Crippen LogP contribution in [0.2, 0.25) is 0 Å². The normalized spacial score (nSPS) is 21.0. The van der Waals surface area contributed by atoms with Crippen LogP contribution in [-0.4, -0.2) is 72.2 Å². The second-order valence-corrected chi connectivity index (χ2v) is 8.84. The van der Waals surface area contributed by atoms with Crippen LogP contribution in [0.4, 0.5) is 0 Å². The van der Waals surface area contributed by atoms with Gasteiger partial charge in [0.15, 0.2) is 5.96 Å². The van der Waals surface area contributed by atoms with Gasteiger partial charge in [-0.25, -0.2) is 0 Å². The molecule has 0 radical (unpaired) electrons. The third-order valence-corrected chi connectivity index (χ3v) is 6.36. The van der Waals surface area contributed by atoms with Gasteiger partial charge in [0.2, 0.25) is 0 Å². The molecule has 3 N–H and O–H groups in total. The molecule has 0 bridgehead atoms. The molecular weight excluding hydrogens is 499 g/mol. The number of carbonyl (C=O) groups excluding carboxylic acids is 1. The fourth-order valence-corrected chi connectivity index (χ4v) is 4.41. The number of carbonyl (C=O) groups is 1. The van der Waals surface area contributed by atoms with E-state index in [-0.39, 0.29) is 29.9 Å². The number of amides is 1. The Balaban J connectivity index is 0.00000420. The first-order valence-corrected chi connectivity index (χ1v) is 11.1. The molecule has 6 nitrogen and oxygen atoms in total. The molecule has 1 aliphatic rings. The molecule has 1 aliphatic carbocycles. The summed E-state index contributed by atoms with van der Waals surface area (Å²) in [4.78, 5) is 18.3. The summed E-state index contributed by atoms with van der Waals surface area (Å²) in [6, 6.07) is 7.73. The molecule has 1 fully saturated rings. The van der Waals surface area contributed by atoms with Crippen LogP contribution in [0, 0.1) is 0 Å². The van der Waals surface area contributed by atoms with Crippen molar-refractivity contribution in [3.05, 3.63) is 35.4 Å². The van der Waals surface area contributed by atoms with Crippen LogP contribution < -0.4 is 10.6 Å². The molecule has 1 aromatic rings. The van der Waals surface area contributed by atoms with E-state index in [0.717, 1.165) is 43.1 Å². The number of guanidine groups is 1. The minimum absolute atomic E-state index is 0. The molecule has 8 heteroatoms. The van der Waals surface area contributed by atoms with E-state index in [1.807, 2.05) is 43.0 Å². The van der Waals surface area contributed by atoms with E-state index in [4.69, 9.17) is 0 Å². The minimum atomic E-state index is -0.677. The van der Waals surface area contributed by atoms with Crippen molar-refractivity contribution in [1.29, 1.82) is 0 Å². The van der Waals surface area contributed by atoms with Crippen molar-refractivity contribution in [3.63, 3.8) is 0 Å². The molecule has 1 aromatic carbocycles. The molecule has 29 heavy (non-hydrogen) atoms. The van der Waals surface area contributed by atoms with Crippen molar-refractivity contribution >= 4 is 47.6 Å². The summed E-state index contributed by atoms with van der Waals surface area (Å²) in [6.45, 7) is 6.05. The summed E-state index contributed by atoms with van der Waals surface area (Å²) in [6.07, 6.45) is 2.67. The van der Waals surface area contributed by atoms with E-state index in [9.17, 15) is 9.90 Å². The Kier molecular flexibility index (Phi) is 11.3. The fraction of sp³-hybridized carbons (Fsp3) is 0.619.